The van der Waals surface area contributed by atoms with Crippen molar-refractivity contribution in [3.63, 3.8) is 0 Å². The summed E-state index contributed by atoms with van der Waals surface area (Å²) in [6.45, 7) is 0.738. The number of rotatable bonds is 4. The molecule has 0 spiro atoms. The van der Waals surface area contributed by atoms with Gasteiger partial charge in [0.1, 0.15) is 0 Å². The second kappa shape index (κ2) is 6.15. The van der Waals surface area contributed by atoms with Gasteiger partial charge in [0.05, 0.1) is 5.25 Å². The van der Waals surface area contributed by atoms with Crippen molar-refractivity contribution in [1.29, 1.82) is 0 Å². The Morgan fingerprint density at radius 2 is 2.06 bits per heavy atom. The molecule has 0 bridgehead atoms. The van der Waals surface area contributed by atoms with E-state index in [4.69, 9.17) is 11.6 Å². The molecule has 0 aromatic rings. The highest BCUT2D eigenvalue weighted by Crippen LogP contribution is 2.31. The summed E-state index contributed by atoms with van der Waals surface area (Å²) in [5.74, 6) is 2.07. The zero-order chi connectivity index (χ0) is 11.4. The highest BCUT2D eigenvalue weighted by molar-refractivity contribution is 8.00. The van der Waals surface area contributed by atoms with E-state index >= 15 is 0 Å². The van der Waals surface area contributed by atoms with Gasteiger partial charge in [-0.25, -0.2) is 0 Å². The summed E-state index contributed by atoms with van der Waals surface area (Å²) in [5.41, 5.74) is 0. The van der Waals surface area contributed by atoms with Crippen LogP contribution in [0.4, 0.5) is 0 Å². The van der Waals surface area contributed by atoms with Gasteiger partial charge in [0.25, 0.3) is 0 Å². The minimum absolute atomic E-state index is 0.220. The first kappa shape index (κ1) is 12.6. The number of nitrogens with zero attached hydrogens (tertiary/aromatic N) is 1. The lowest BCUT2D eigenvalue weighted by molar-refractivity contribution is -0.134. The number of carbonyl (C=O) groups excluding carboxylic acids is 1. The Hall–Kier alpha value is 0.110. The van der Waals surface area contributed by atoms with Crippen LogP contribution in [0.2, 0.25) is 0 Å². The Kier molecular flexibility index (Phi) is 4.83. The Morgan fingerprint density at radius 1 is 1.25 bits per heavy atom. The van der Waals surface area contributed by atoms with Crippen LogP contribution >= 0.6 is 23.4 Å². The van der Waals surface area contributed by atoms with Gasteiger partial charge in [0, 0.05) is 18.5 Å². The van der Waals surface area contributed by atoms with Crippen molar-refractivity contribution in [2.45, 2.75) is 49.8 Å². The molecule has 16 heavy (non-hydrogen) atoms. The van der Waals surface area contributed by atoms with E-state index in [0.29, 0.717) is 17.8 Å². The highest BCUT2D eigenvalue weighted by atomic mass is 35.5. The van der Waals surface area contributed by atoms with Crippen LogP contribution in [0.3, 0.4) is 0 Å². The van der Waals surface area contributed by atoms with Crippen LogP contribution in [0.15, 0.2) is 0 Å². The molecule has 92 valence electrons. The van der Waals surface area contributed by atoms with Gasteiger partial charge in [0.2, 0.25) is 5.91 Å². The lowest BCUT2D eigenvalue weighted by atomic mass is 9.91. The first-order chi connectivity index (χ1) is 7.83. The van der Waals surface area contributed by atoms with Crippen LogP contribution in [-0.4, -0.2) is 40.3 Å². The topological polar surface area (TPSA) is 20.3 Å². The maximum absolute atomic E-state index is 12.4. The Balaban J connectivity index is 1.92. The van der Waals surface area contributed by atoms with Gasteiger partial charge in [-0.15, -0.1) is 23.4 Å². The van der Waals surface area contributed by atoms with Crippen molar-refractivity contribution in [3.8, 4) is 0 Å². The van der Waals surface area contributed by atoms with E-state index in [2.05, 4.69) is 4.90 Å². The summed E-state index contributed by atoms with van der Waals surface area (Å²) in [7, 11) is 0. The summed E-state index contributed by atoms with van der Waals surface area (Å²) < 4.78 is 0. The molecule has 1 atom stereocenters. The van der Waals surface area contributed by atoms with Crippen LogP contribution in [0.25, 0.3) is 0 Å². The number of carbonyl (C=O) groups is 1. The van der Waals surface area contributed by atoms with E-state index in [0.717, 1.165) is 18.7 Å². The largest absolute Gasteiger partial charge is 0.338 e. The first-order valence-electron chi connectivity index (χ1n) is 6.31. The van der Waals surface area contributed by atoms with E-state index in [1.165, 1.54) is 32.1 Å². The normalized spacial score (nSPS) is 26.2. The second-order valence-electron chi connectivity index (χ2n) is 4.66. The fraction of sp³-hybridized carbons (Fsp3) is 0.917. The lowest BCUT2D eigenvalue weighted by Crippen LogP contribution is -2.49. The van der Waals surface area contributed by atoms with Crippen LogP contribution in [0, 0.1) is 0 Å². The summed E-state index contributed by atoms with van der Waals surface area (Å²) in [5, 5.41) is 0.220. The molecule has 2 fully saturated rings. The average molecular weight is 262 g/mol. The molecule has 1 aliphatic heterocycles. The molecule has 1 saturated heterocycles. The van der Waals surface area contributed by atoms with E-state index < -0.39 is 0 Å². The fourth-order valence-electron chi connectivity index (χ4n) is 2.38. The Labute approximate surface area is 107 Å². The minimum Gasteiger partial charge on any atom is -0.338 e. The van der Waals surface area contributed by atoms with Crippen molar-refractivity contribution in [2.75, 3.05) is 18.2 Å². The molecular formula is C12H20ClNOS. The maximum atomic E-state index is 12.4. The van der Waals surface area contributed by atoms with Crippen LogP contribution in [0.5, 0.6) is 0 Å². The summed E-state index contributed by atoms with van der Waals surface area (Å²) in [6, 6.07) is 0.494. The second-order valence-corrected chi connectivity index (χ2v) is 6.35. The lowest BCUT2D eigenvalue weighted by Gasteiger charge is -2.39. The Morgan fingerprint density at radius 3 is 2.56 bits per heavy atom. The summed E-state index contributed by atoms with van der Waals surface area (Å²) >= 11 is 7.65. The van der Waals surface area contributed by atoms with Crippen LogP contribution in [-0.2, 0) is 4.79 Å². The number of alkyl halides is 1. The van der Waals surface area contributed by atoms with Crippen LogP contribution < -0.4 is 0 Å². The van der Waals surface area contributed by atoms with E-state index in [1.807, 2.05) is 11.8 Å². The predicted molar refractivity (Wildman–Crippen MR) is 70.2 cm³/mol. The molecular weight excluding hydrogens is 242 g/mol. The molecule has 2 nitrogen and oxygen atoms in total. The number of amides is 1. The number of halogens is 1. The molecule has 0 radical (unpaired) electrons. The van der Waals surface area contributed by atoms with Gasteiger partial charge in [-0.05, 0) is 37.9 Å². The summed E-state index contributed by atoms with van der Waals surface area (Å²) in [6.07, 6.45) is 7.18. The van der Waals surface area contributed by atoms with E-state index in [9.17, 15) is 4.79 Å². The third-order valence-electron chi connectivity index (χ3n) is 3.58. The van der Waals surface area contributed by atoms with Crippen molar-refractivity contribution in [1.82, 2.24) is 4.90 Å². The molecule has 1 heterocycles. The SMILES string of the molecule is O=C(C1CCCCS1)N(CCCl)C1CCC1. The molecule has 0 aromatic heterocycles. The monoisotopic (exact) mass is 261 g/mol. The van der Waals surface area contributed by atoms with Gasteiger partial charge in [-0.3, -0.25) is 4.79 Å². The van der Waals surface area contributed by atoms with Gasteiger partial charge in [0.15, 0.2) is 0 Å². The van der Waals surface area contributed by atoms with E-state index in [1.54, 1.807) is 0 Å². The number of hydrogen-bond acceptors (Lipinski definition) is 2. The third-order valence-corrected chi connectivity index (χ3v) is 5.11. The van der Waals surface area contributed by atoms with Crippen LogP contribution in [0.1, 0.15) is 38.5 Å². The van der Waals surface area contributed by atoms with Crippen molar-refractivity contribution >= 4 is 29.3 Å². The zero-order valence-electron chi connectivity index (χ0n) is 9.66. The highest BCUT2D eigenvalue weighted by Gasteiger charge is 2.33. The molecule has 4 heteroatoms. The maximum Gasteiger partial charge on any atom is 0.235 e. The van der Waals surface area contributed by atoms with Gasteiger partial charge in [-0.2, -0.15) is 0 Å². The zero-order valence-corrected chi connectivity index (χ0v) is 11.2. The van der Waals surface area contributed by atoms with Crippen molar-refractivity contribution in [3.05, 3.63) is 0 Å². The first-order valence-corrected chi connectivity index (χ1v) is 7.89. The molecule has 1 saturated carbocycles. The average Bonchev–Trinajstić information content (AvgIpc) is 2.26. The molecule has 2 aliphatic rings. The van der Waals surface area contributed by atoms with Gasteiger partial charge < -0.3 is 4.90 Å². The van der Waals surface area contributed by atoms with Crippen molar-refractivity contribution < 1.29 is 4.79 Å². The van der Waals surface area contributed by atoms with Gasteiger partial charge >= 0.3 is 0 Å². The van der Waals surface area contributed by atoms with E-state index in [-0.39, 0.29) is 5.25 Å². The quantitative estimate of drug-likeness (QED) is 0.726. The number of thioether (sulfide) groups is 1. The van der Waals surface area contributed by atoms with Crippen molar-refractivity contribution in [2.24, 2.45) is 0 Å². The predicted octanol–water partition coefficient (Wildman–Crippen LogP) is 2.89. The third kappa shape index (κ3) is 2.86. The molecule has 1 aliphatic carbocycles. The molecule has 1 amide bonds. The molecule has 1 unspecified atom stereocenters. The number of hydrogen-bond donors (Lipinski definition) is 0. The molecule has 2 rings (SSSR count). The minimum atomic E-state index is 0.220. The fourth-order valence-corrected chi connectivity index (χ4v) is 3.83. The molecule has 0 aromatic carbocycles. The molecule has 0 N–H and O–H groups in total. The standard InChI is InChI=1S/C12H20ClNOS/c13-7-8-14(10-4-3-5-10)12(15)11-6-1-2-9-16-11/h10-11H,1-9H2. The summed E-state index contributed by atoms with van der Waals surface area (Å²) in [4.78, 5) is 14.4. The smallest absolute Gasteiger partial charge is 0.235 e. The Bertz CT molecular complexity index is 239. The van der Waals surface area contributed by atoms with Gasteiger partial charge in [-0.1, -0.05) is 6.42 Å².